The lowest BCUT2D eigenvalue weighted by molar-refractivity contribution is -0.151. The lowest BCUT2D eigenvalue weighted by Crippen LogP contribution is -2.14. The van der Waals surface area contributed by atoms with E-state index >= 15 is 0 Å². The molecule has 0 spiro atoms. The van der Waals surface area contributed by atoms with Crippen molar-refractivity contribution in [2.45, 2.75) is 39.8 Å². The van der Waals surface area contributed by atoms with E-state index in [-0.39, 0.29) is 11.3 Å². The maximum Gasteiger partial charge on any atom is 0.392 e. The van der Waals surface area contributed by atoms with Crippen molar-refractivity contribution < 1.29 is 13.2 Å². The van der Waals surface area contributed by atoms with E-state index in [0.29, 0.717) is 12.8 Å². The molecule has 1 aliphatic carbocycles. The Labute approximate surface area is 71.1 Å². The van der Waals surface area contributed by atoms with Gasteiger partial charge in [-0.3, -0.25) is 0 Å². The summed E-state index contributed by atoms with van der Waals surface area (Å²) in [6.45, 7) is 5.95. The number of halogens is 3. The minimum absolute atomic E-state index is 0.0324. The van der Waals surface area contributed by atoms with E-state index in [1.807, 2.05) is 20.8 Å². The van der Waals surface area contributed by atoms with Crippen LogP contribution >= 0.6 is 0 Å². The molecule has 1 aliphatic rings. The summed E-state index contributed by atoms with van der Waals surface area (Å²) in [6, 6.07) is 0. The van der Waals surface area contributed by atoms with E-state index in [1.54, 1.807) is 0 Å². The molecule has 0 aromatic carbocycles. The molecular weight excluding hydrogens is 165 g/mol. The summed E-state index contributed by atoms with van der Waals surface area (Å²) in [5.74, 6) is -1.11. The molecule has 12 heavy (non-hydrogen) atoms. The monoisotopic (exact) mass is 180 g/mol. The highest BCUT2D eigenvalue weighted by Gasteiger charge is 2.55. The van der Waals surface area contributed by atoms with Crippen molar-refractivity contribution in [1.82, 2.24) is 0 Å². The summed E-state index contributed by atoms with van der Waals surface area (Å²) in [5.41, 5.74) is 0.0324. The van der Waals surface area contributed by atoms with E-state index in [4.69, 9.17) is 0 Å². The van der Waals surface area contributed by atoms with Crippen LogP contribution in [0.4, 0.5) is 13.2 Å². The van der Waals surface area contributed by atoms with Crippen LogP contribution in [0.25, 0.3) is 0 Å². The second-order valence-corrected chi connectivity index (χ2v) is 4.91. The molecule has 0 saturated heterocycles. The summed E-state index contributed by atoms with van der Waals surface area (Å²) in [6.07, 6.45) is -2.91. The Balaban J connectivity index is 2.35. The summed E-state index contributed by atoms with van der Waals surface area (Å²) >= 11 is 0. The summed E-state index contributed by atoms with van der Waals surface area (Å²) in [7, 11) is 0. The minimum Gasteiger partial charge on any atom is -0.171 e. The van der Waals surface area contributed by atoms with Gasteiger partial charge < -0.3 is 0 Å². The highest BCUT2D eigenvalue weighted by Crippen LogP contribution is 2.54. The molecule has 0 heterocycles. The van der Waals surface area contributed by atoms with Gasteiger partial charge in [-0.25, -0.2) is 0 Å². The first-order valence-electron chi connectivity index (χ1n) is 4.27. The Morgan fingerprint density at radius 2 is 1.67 bits per heavy atom. The number of hydrogen-bond acceptors (Lipinski definition) is 0. The topological polar surface area (TPSA) is 0 Å². The lowest BCUT2D eigenvalue weighted by atomic mass is 9.89. The van der Waals surface area contributed by atoms with Crippen LogP contribution in [0.1, 0.15) is 33.6 Å². The largest absolute Gasteiger partial charge is 0.392 e. The van der Waals surface area contributed by atoms with Crippen LogP contribution in [-0.4, -0.2) is 6.18 Å². The molecule has 3 heteroatoms. The maximum absolute atomic E-state index is 12.1. The van der Waals surface area contributed by atoms with E-state index in [1.165, 1.54) is 0 Å². The molecule has 0 radical (unpaired) electrons. The van der Waals surface area contributed by atoms with Gasteiger partial charge in [0.15, 0.2) is 0 Å². The molecule has 2 atom stereocenters. The summed E-state index contributed by atoms with van der Waals surface area (Å²) in [4.78, 5) is 0. The third-order valence-electron chi connectivity index (χ3n) is 2.22. The van der Waals surface area contributed by atoms with E-state index in [0.717, 1.165) is 0 Å². The smallest absolute Gasteiger partial charge is 0.171 e. The molecule has 72 valence electrons. The Hall–Kier alpha value is -0.210. The standard InChI is InChI=1S/C9H15F3/c1-8(2,3)5-6-4-7(6)9(10,11)12/h6-7H,4-5H2,1-3H3. The predicted octanol–water partition coefficient (Wildman–Crippen LogP) is 3.62. The van der Waals surface area contributed by atoms with Crippen LogP contribution in [-0.2, 0) is 0 Å². The Morgan fingerprint density at radius 1 is 1.17 bits per heavy atom. The molecule has 0 bridgehead atoms. The van der Waals surface area contributed by atoms with Crippen LogP contribution < -0.4 is 0 Å². The third kappa shape index (κ3) is 2.68. The second kappa shape index (κ2) is 2.64. The van der Waals surface area contributed by atoms with E-state index in [9.17, 15) is 13.2 Å². The van der Waals surface area contributed by atoms with Crippen LogP contribution in [0.3, 0.4) is 0 Å². The van der Waals surface area contributed by atoms with Gasteiger partial charge in [-0.1, -0.05) is 20.8 Å². The molecule has 1 fully saturated rings. The zero-order valence-corrected chi connectivity index (χ0v) is 7.70. The molecule has 0 amide bonds. The molecule has 2 unspecified atom stereocenters. The fraction of sp³-hybridized carbons (Fsp3) is 1.00. The van der Waals surface area contributed by atoms with E-state index < -0.39 is 12.1 Å². The fourth-order valence-corrected chi connectivity index (χ4v) is 1.66. The van der Waals surface area contributed by atoms with Crippen molar-refractivity contribution >= 4 is 0 Å². The highest BCUT2D eigenvalue weighted by atomic mass is 19.4. The number of alkyl halides is 3. The quantitative estimate of drug-likeness (QED) is 0.578. The molecular formula is C9H15F3. The third-order valence-corrected chi connectivity index (χ3v) is 2.22. The van der Waals surface area contributed by atoms with Crippen molar-refractivity contribution in [3.63, 3.8) is 0 Å². The summed E-state index contributed by atoms with van der Waals surface area (Å²) < 4.78 is 36.2. The fourth-order valence-electron chi connectivity index (χ4n) is 1.66. The van der Waals surface area contributed by atoms with Gasteiger partial charge in [0.1, 0.15) is 0 Å². The first-order chi connectivity index (χ1) is 5.20. The van der Waals surface area contributed by atoms with Crippen LogP contribution in [0.5, 0.6) is 0 Å². The first-order valence-corrected chi connectivity index (χ1v) is 4.27. The van der Waals surface area contributed by atoms with Crippen molar-refractivity contribution in [2.75, 3.05) is 0 Å². The molecule has 0 aromatic rings. The molecule has 1 saturated carbocycles. The molecule has 0 nitrogen and oxygen atoms in total. The zero-order chi connectivity index (χ0) is 9.57. The van der Waals surface area contributed by atoms with E-state index in [2.05, 4.69) is 0 Å². The normalized spacial score (nSPS) is 30.5. The second-order valence-electron chi connectivity index (χ2n) is 4.91. The Morgan fingerprint density at radius 3 is 1.92 bits per heavy atom. The SMILES string of the molecule is CC(C)(C)CC1CC1C(F)(F)F. The van der Waals surface area contributed by atoms with Gasteiger partial charge in [-0.2, -0.15) is 13.2 Å². The van der Waals surface area contributed by atoms with Gasteiger partial charge in [-0.05, 0) is 24.2 Å². The van der Waals surface area contributed by atoms with Crippen molar-refractivity contribution in [2.24, 2.45) is 17.3 Å². The van der Waals surface area contributed by atoms with Crippen LogP contribution in [0.15, 0.2) is 0 Å². The number of hydrogen-bond donors (Lipinski definition) is 0. The zero-order valence-electron chi connectivity index (χ0n) is 7.70. The lowest BCUT2D eigenvalue weighted by Gasteiger charge is -2.18. The molecule has 0 aromatic heterocycles. The average molecular weight is 180 g/mol. The molecule has 1 rings (SSSR count). The van der Waals surface area contributed by atoms with Gasteiger partial charge in [0, 0.05) is 0 Å². The first kappa shape index (κ1) is 9.87. The van der Waals surface area contributed by atoms with Crippen molar-refractivity contribution in [1.29, 1.82) is 0 Å². The van der Waals surface area contributed by atoms with Crippen LogP contribution in [0.2, 0.25) is 0 Å². The van der Waals surface area contributed by atoms with Crippen molar-refractivity contribution in [3.05, 3.63) is 0 Å². The highest BCUT2D eigenvalue weighted by molar-refractivity contribution is 4.93. The van der Waals surface area contributed by atoms with Gasteiger partial charge in [0.2, 0.25) is 0 Å². The number of rotatable bonds is 1. The Kier molecular flexibility index (Phi) is 2.17. The van der Waals surface area contributed by atoms with Gasteiger partial charge in [0.25, 0.3) is 0 Å². The van der Waals surface area contributed by atoms with Crippen LogP contribution in [0, 0.1) is 17.3 Å². The van der Waals surface area contributed by atoms with Crippen molar-refractivity contribution in [3.8, 4) is 0 Å². The van der Waals surface area contributed by atoms with Gasteiger partial charge in [-0.15, -0.1) is 0 Å². The molecule has 0 N–H and O–H groups in total. The average Bonchev–Trinajstić information content (AvgIpc) is 2.37. The minimum atomic E-state index is -3.95. The predicted molar refractivity (Wildman–Crippen MR) is 41.7 cm³/mol. The maximum atomic E-state index is 12.1. The summed E-state index contributed by atoms with van der Waals surface area (Å²) in [5, 5.41) is 0. The van der Waals surface area contributed by atoms with Gasteiger partial charge >= 0.3 is 6.18 Å². The molecule has 0 aliphatic heterocycles. The Bertz CT molecular complexity index is 164. The van der Waals surface area contributed by atoms with Gasteiger partial charge in [0.05, 0.1) is 5.92 Å².